The highest BCUT2D eigenvalue weighted by atomic mass is 32.1. The second-order valence-electron chi connectivity index (χ2n) is 4.69. The Morgan fingerprint density at radius 1 is 1.38 bits per heavy atom. The summed E-state index contributed by atoms with van der Waals surface area (Å²) in [7, 11) is 0. The van der Waals surface area contributed by atoms with Crippen LogP contribution in [0.3, 0.4) is 0 Å². The van der Waals surface area contributed by atoms with Crippen LogP contribution in [0, 0.1) is 6.92 Å². The van der Waals surface area contributed by atoms with Crippen molar-refractivity contribution in [1.82, 2.24) is 14.6 Å². The Morgan fingerprint density at radius 2 is 2.29 bits per heavy atom. The molecule has 0 unspecified atom stereocenters. The van der Waals surface area contributed by atoms with Crippen molar-refractivity contribution in [3.63, 3.8) is 0 Å². The van der Waals surface area contributed by atoms with E-state index in [1.54, 1.807) is 15.9 Å². The molecule has 0 aliphatic heterocycles. The van der Waals surface area contributed by atoms with E-state index >= 15 is 0 Å². The fourth-order valence-electron chi connectivity index (χ4n) is 2.35. The van der Waals surface area contributed by atoms with Crippen LogP contribution in [0.4, 0.5) is 0 Å². The molecule has 0 saturated heterocycles. The van der Waals surface area contributed by atoms with Gasteiger partial charge >= 0.3 is 0 Å². The highest BCUT2D eigenvalue weighted by molar-refractivity contribution is 7.16. The van der Waals surface area contributed by atoms with Gasteiger partial charge in [-0.25, -0.2) is 9.50 Å². The normalized spacial score (nSPS) is 11.5. The average molecular weight is 299 g/mol. The van der Waals surface area contributed by atoms with Crippen molar-refractivity contribution >= 4 is 27.3 Å². The summed E-state index contributed by atoms with van der Waals surface area (Å²) in [6, 6.07) is 7.86. The monoisotopic (exact) mass is 299 g/mol. The molecule has 3 aromatic heterocycles. The molecule has 0 atom stereocenters. The summed E-state index contributed by atoms with van der Waals surface area (Å²) in [4.78, 5) is 5.43. The quantitative estimate of drug-likeness (QED) is 0.575. The molecule has 1 aromatic carbocycles. The van der Waals surface area contributed by atoms with Gasteiger partial charge in [0.2, 0.25) is 4.96 Å². The number of hydrogen-bond acceptors (Lipinski definition) is 5. The first-order chi connectivity index (χ1) is 10.2. The Morgan fingerprint density at radius 3 is 3.10 bits per heavy atom. The molecule has 4 aromatic rings. The van der Waals surface area contributed by atoms with E-state index in [9.17, 15) is 0 Å². The van der Waals surface area contributed by atoms with Gasteiger partial charge in [-0.3, -0.25) is 0 Å². The van der Waals surface area contributed by atoms with Gasteiger partial charge in [-0.2, -0.15) is 5.10 Å². The van der Waals surface area contributed by atoms with E-state index in [0.29, 0.717) is 6.61 Å². The number of imidazole rings is 1. The molecule has 0 N–H and O–H groups in total. The molecule has 0 aliphatic rings. The molecule has 6 heteroatoms. The van der Waals surface area contributed by atoms with Gasteiger partial charge in [0.1, 0.15) is 10.7 Å². The number of fused-ring (bicyclic) bond motifs is 2. The van der Waals surface area contributed by atoms with Crippen molar-refractivity contribution in [3.05, 3.63) is 35.5 Å². The van der Waals surface area contributed by atoms with Crippen molar-refractivity contribution in [2.45, 2.75) is 13.8 Å². The fourth-order valence-corrected chi connectivity index (χ4v) is 3.07. The molecule has 3 heterocycles. The number of hydrogen-bond donors (Lipinski definition) is 0. The second kappa shape index (κ2) is 4.60. The summed E-state index contributed by atoms with van der Waals surface area (Å²) in [5.74, 6) is 1.49. The molecule has 0 saturated carbocycles. The maximum Gasteiger partial charge on any atom is 0.212 e. The van der Waals surface area contributed by atoms with Crippen LogP contribution in [-0.2, 0) is 0 Å². The van der Waals surface area contributed by atoms with Crippen LogP contribution in [-0.4, -0.2) is 21.2 Å². The maximum absolute atomic E-state index is 5.94. The number of furan rings is 1. The zero-order valence-corrected chi connectivity index (χ0v) is 12.5. The summed E-state index contributed by atoms with van der Waals surface area (Å²) in [5.41, 5.74) is 1.54. The second-order valence-corrected chi connectivity index (χ2v) is 5.85. The van der Waals surface area contributed by atoms with E-state index in [1.807, 2.05) is 44.3 Å². The summed E-state index contributed by atoms with van der Waals surface area (Å²) in [6.45, 7) is 4.54. The number of para-hydroxylation sites is 1. The van der Waals surface area contributed by atoms with Crippen LogP contribution in [0.25, 0.3) is 27.4 Å². The molecule has 0 aliphatic carbocycles. The van der Waals surface area contributed by atoms with Crippen LogP contribution in [0.15, 0.2) is 34.9 Å². The van der Waals surface area contributed by atoms with Crippen molar-refractivity contribution < 1.29 is 9.15 Å². The first-order valence-corrected chi connectivity index (χ1v) is 7.55. The van der Waals surface area contributed by atoms with Gasteiger partial charge in [-0.1, -0.05) is 23.5 Å². The predicted octanol–water partition coefficient (Wildman–Crippen LogP) is 3.91. The first kappa shape index (κ1) is 12.4. The third-order valence-corrected chi connectivity index (χ3v) is 4.04. The lowest BCUT2D eigenvalue weighted by Crippen LogP contribution is -1.90. The Bertz CT molecular complexity index is 904. The predicted molar refractivity (Wildman–Crippen MR) is 82.0 cm³/mol. The summed E-state index contributed by atoms with van der Waals surface area (Å²) in [5, 5.41) is 6.37. The molecule has 0 bridgehead atoms. The molecule has 0 fully saturated rings. The zero-order valence-electron chi connectivity index (χ0n) is 11.7. The molecule has 106 valence electrons. The maximum atomic E-state index is 5.94. The standard InChI is InChI=1S/C15H13N3O2S/c1-3-19-12-6-4-5-10-7-13(20-14(10)12)11-8-18-15(16-11)21-9(2)17-18/h4-8H,3H2,1-2H3. The van der Waals surface area contributed by atoms with E-state index in [-0.39, 0.29) is 0 Å². The third kappa shape index (κ3) is 1.99. The lowest BCUT2D eigenvalue weighted by molar-refractivity contribution is 0.339. The molecular formula is C15H13N3O2S. The molecule has 4 rings (SSSR count). The van der Waals surface area contributed by atoms with E-state index in [2.05, 4.69) is 10.1 Å². The van der Waals surface area contributed by atoms with E-state index in [4.69, 9.17) is 9.15 Å². The van der Waals surface area contributed by atoms with Crippen molar-refractivity contribution in [1.29, 1.82) is 0 Å². The van der Waals surface area contributed by atoms with Crippen molar-refractivity contribution in [3.8, 4) is 17.2 Å². The molecule has 0 spiro atoms. The Kier molecular flexibility index (Phi) is 2.71. The highest BCUT2D eigenvalue weighted by Crippen LogP contribution is 2.33. The number of nitrogens with zero attached hydrogens (tertiary/aromatic N) is 3. The van der Waals surface area contributed by atoms with Crippen LogP contribution >= 0.6 is 11.3 Å². The number of benzene rings is 1. The van der Waals surface area contributed by atoms with E-state index in [0.717, 1.165) is 38.1 Å². The lowest BCUT2D eigenvalue weighted by atomic mass is 10.2. The lowest BCUT2D eigenvalue weighted by Gasteiger charge is -2.01. The molecule has 0 radical (unpaired) electrons. The summed E-state index contributed by atoms with van der Waals surface area (Å²) < 4.78 is 13.3. The highest BCUT2D eigenvalue weighted by Gasteiger charge is 2.14. The van der Waals surface area contributed by atoms with Crippen LogP contribution < -0.4 is 4.74 Å². The summed E-state index contributed by atoms with van der Waals surface area (Å²) >= 11 is 1.56. The van der Waals surface area contributed by atoms with Gasteiger partial charge in [0.05, 0.1) is 12.8 Å². The molecule has 21 heavy (non-hydrogen) atoms. The third-order valence-electron chi connectivity index (χ3n) is 3.20. The van der Waals surface area contributed by atoms with Crippen molar-refractivity contribution in [2.75, 3.05) is 6.61 Å². The van der Waals surface area contributed by atoms with Crippen LogP contribution in [0.5, 0.6) is 5.75 Å². The van der Waals surface area contributed by atoms with Crippen molar-refractivity contribution in [2.24, 2.45) is 0 Å². The number of ether oxygens (including phenoxy) is 1. The Hall–Kier alpha value is -2.34. The van der Waals surface area contributed by atoms with E-state index < -0.39 is 0 Å². The molecule has 0 amide bonds. The van der Waals surface area contributed by atoms with Gasteiger partial charge in [0.25, 0.3) is 0 Å². The zero-order chi connectivity index (χ0) is 14.4. The van der Waals surface area contributed by atoms with Gasteiger partial charge in [-0.15, -0.1) is 0 Å². The largest absolute Gasteiger partial charge is 0.490 e. The fraction of sp³-hybridized carbons (Fsp3) is 0.200. The molecular weight excluding hydrogens is 286 g/mol. The minimum absolute atomic E-state index is 0.610. The van der Waals surface area contributed by atoms with Gasteiger partial charge in [-0.05, 0) is 26.0 Å². The smallest absolute Gasteiger partial charge is 0.212 e. The SMILES string of the molecule is CCOc1cccc2cc(-c3cn4nc(C)sc4n3)oc12. The Labute approximate surface area is 124 Å². The minimum atomic E-state index is 0.610. The van der Waals surface area contributed by atoms with Gasteiger partial charge in [0.15, 0.2) is 17.1 Å². The average Bonchev–Trinajstić information content (AvgIpc) is 3.10. The molecule has 5 nitrogen and oxygen atoms in total. The van der Waals surface area contributed by atoms with Crippen LogP contribution in [0.1, 0.15) is 11.9 Å². The Balaban J connectivity index is 1.85. The topological polar surface area (TPSA) is 52.6 Å². The van der Waals surface area contributed by atoms with Crippen LogP contribution in [0.2, 0.25) is 0 Å². The number of aryl methyl sites for hydroxylation is 1. The van der Waals surface area contributed by atoms with E-state index in [1.165, 1.54) is 0 Å². The van der Waals surface area contributed by atoms with Gasteiger partial charge in [0, 0.05) is 5.39 Å². The number of aromatic nitrogens is 3. The summed E-state index contributed by atoms with van der Waals surface area (Å²) in [6.07, 6.45) is 1.89. The first-order valence-electron chi connectivity index (χ1n) is 6.73. The van der Waals surface area contributed by atoms with Gasteiger partial charge < -0.3 is 9.15 Å². The number of rotatable bonds is 3. The minimum Gasteiger partial charge on any atom is -0.490 e.